The highest BCUT2D eigenvalue weighted by molar-refractivity contribution is 7.99. The Balaban J connectivity index is 1.49. The number of thioether (sulfide) groups is 1. The summed E-state index contributed by atoms with van der Waals surface area (Å²) < 4.78 is 0. The number of anilines is 1. The fourth-order valence-corrected chi connectivity index (χ4v) is 3.47. The molecule has 0 fully saturated rings. The molecule has 0 aliphatic carbocycles. The molecule has 0 spiro atoms. The lowest BCUT2D eigenvalue weighted by molar-refractivity contribution is -0.115. The Morgan fingerprint density at radius 3 is 2.12 bits per heavy atom. The van der Waals surface area contributed by atoms with Crippen LogP contribution in [0.2, 0.25) is 0 Å². The zero-order valence-electron chi connectivity index (χ0n) is 13.8. The highest BCUT2D eigenvalue weighted by Crippen LogP contribution is 2.22. The van der Waals surface area contributed by atoms with Crippen LogP contribution in [0, 0.1) is 0 Å². The largest absolute Gasteiger partial charge is 0.315 e. The molecule has 25 heavy (non-hydrogen) atoms. The first kappa shape index (κ1) is 17.2. The van der Waals surface area contributed by atoms with Gasteiger partial charge < -0.3 is 4.90 Å². The van der Waals surface area contributed by atoms with Gasteiger partial charge >= 0.3 is 0 Å². The zero-order valence-corrected chi connectivity index (χ0v) is 14.7. The molecule has 0 atom stereocenters. The smallest absolute Gasteiger partial charge is 0.261 e. The third-order valence-electron chi connectivity index (χ3n) is 4.08. The van der Waals surface area contributed by atoms with Gasteiger partial charge in [-0.1, -0.05) is 30.3 Å². The van der Waals surface area contributed by atoms with E-state index in [9.17, 15) is 14.4 Å². The van der Waals surface area contributed by atoms with Crippen molar-refractivity contribution in [1.82, 2.24) is 4.90 Å². The van der Waals surface area contributed by atoms with Crippen LogP contribution in [0.4, 0.5) is 5.69 Å². The fraction of sp³-hybridized carbons (Fsp3) is 0.211. The van der Waals surface area contributed by atoms with Gasteiger partial charge in [0, 0.05) is 25.0 Å². The van der Waals surface area contributed by atoms with Gasteiger partial charge in [-0.3, -0.25) is 19.3 Å². The molecule has 1 aliphatic rings. The van der Waals surface area contributed by atoms with E-state index >= 15 is 0 Å². The monoisotopic (exact) mass is 354 g/mol. The van der Waals surface area contributed by atoms with E-state index in [1.165, 1.54) is 16.7 Å². The van der Waals surface area contributed by atoms with Gasteiger partial charge in [0.2, 0.25) is 5.91 Å². The summed E-state index contributed by atoms with van der Waals surface area (Å²) >= 11 is 1.42. The average molecular weight is 354 g/mol. The molecule has 3 amide bonds. The lowest BCUT2D eigenvalue weighted by atomic mass is 10.1. The normalized spacial score (nSPS) is 13.1. The third kappa shape index (κ3) is 3.58. The second kappa shape index (κ2) is 7.53. The van der Waals surface area contributed by atoms with E-state index in [-0.39, 0.29) is 17.7 Å². The maximum absolute atomic E-state index is 12.2. The Bertz CT molecular complexity index is 772. The Morgan fingerprint density at radius 1 is 0.960 bits per heavy atom. The first-order chi connectivity index (χ1) is 12.1. The molecule has 0 saturated carbocycles. The van der Waals surface area contributed by atoms with Gasteiger partial charge in [0.1, 0.15) is 0 Å². The molecule has 3 rings (SSSR count). The molecule has 0 N–H and O–H groups in total. The van der Waals surface area contributed by atoms with E-state index in [1.807, 2.05) is 30.3 Å². The number of rotatable bonds is 6. The topological polar surface area (TPSA) is 57.7 Å². The number of hydrogen-bond acceptors (Lipinski definition) is 4. The summed E-state index contributed by atoms with van der Waals surface area (Å²) in [5.74, 6) is 0.301. The molecule has 0 unspecified atom stereocenters. The van der Waals surface area contributed by atoms with Gasteiger partial charge in [0.05, 0.1) is 16.9 Å². The van der Waals surface area contributed by atoms with E-state index in [0.29, 0.717) is 29.2 Å². The lowest BCUT2D eigenvalue weighted by Crippen LogP contribution is -2.32. The van der Waals surface area contributed by atoms with E-state index in [1.54, 1.807) is 36.2 Å². The third-order valence-corrected chi connectivity index (χ3v) is 5.00. The number of fused-ring (bicyclic) bond motifs is 1. The number of amides is 3. The standard InChI is InChI=1S/C19H18N2O3S/c1-20(14-7-3-2-4-8-14)17(22)13-25-12-11-21-18(23)15-9-5-6-10-16(15)19(21)24/h2-10H,11-13H2,1H3. The van der Waals surface area contributed by atoms with E-state index in [0.717, 1.165) is 5.69 Å². The molecular weight excluding hydrogens is 336 g/mol. The van der Waals surface area contributed by atoms with Gasteiger partial charge in [-0.05, 0) is 24.3 Å². The number of imide groups is 1. The van der Waals surface area contributed by atoms with Gasteiger partial charge in [-0.25, -0.2) is 0 Å². The molecule has 0 saturated heterocycles. The van der Waals surface area contributed by atoms with Crippen LogP contribution in [0.1, 0.15) is 20.7 Å². The zero-order chi connectivity index (χ0) is 17.8. The second-order valence-electron chi connectivity index (χ2n) is 5.65. The van der Waals surface area contributed by atoms with Crippen molar-refractivity contribution in [1.29, 1.82) is 0 Å². The van der Waals surface area contributed by atoms with Gasteiger partial charge in [0.15, 0.2) is 0 Å². The molecule has 5 nitrogen and oxygen atoms in total. The van der Waals surface area contributed by atoms with Crippen LogP contribution in [0.3, 0.4) is 0 Å². The molecule has 2 aromatic carbocycles. The molecule has 128 valence electrons. The van der Waals surface area contributed by atoms with Crippen molar-refractivity contribution < 1.29 is 14.4 Å². The van der Waals surface area contributed by atoms with Crippen molar-refractivity contribution in [3.8, 4) is 0 Å². The molecule has 2 aromatic rings. The van der Waals surface area contributed by atoms with Crippen LogP contribution in [-0.4, -0.2) is 47.7 Å². The molecular formula is C19H18N2O3S. The first-order valence-electron chi connectivity index (χ1n) is 7.94. The maximum Gasteiger partial charge on any atom is 0.261 e. The predicted octanol–water partition coefficient (Wildman–Crippen LogP) is 2.68. The van der Waals surface area contributed by atoms with Crippen LogP contribution in [0.15, 0.2) is 54.6 Å². The van der Waals surface area contributed by atoms with Gasteiger partial charge in [-0.15, -0.1) is 0 Å². The Labute approximate surface area is 150 Å². The minimum Gasteiger partial charge on any atom is -0.315 e. The molecule has 1 heterocycles. The van der Waals surface area contributed by atoms with E-state index in [2.05, 4.69) is 0 Å². The Morgan fingerprint density at radius 2 is 1.52 bits per heavy atom. The number of benzene rings is 2. The Kier molecular flexibility index (Phi) is 5.19. The van der Waals surface area contributed by atoms with Crippen LogP contribution in [0.25, 0.3) is 0 Å². The van der Waals surface area contributed by atoms with Crippen LogP contribution in [-0.2, 0) is 4.79 Å². The van der Waals surface area contributed by atoms with Crippen LogP contribution >= 0.6 is 11.8 Å². The predicted molar refractivity (Wildman–Crippen MR) is 99.0 cm³/mol. The number of hydrogen-bond donors (Lipinski definition) is 0. The Hall–Kier alpha value is -2.60. The highest BCUT2D eigenvalue weighted by atomic mass is 32.2. The fourth-order valence-electron chi connectivity index (χ4n) is 2.65. The van der Waals surface area contributed by atoms with Crippen molar-refractivity contribution in [3.63, 3.8) is 0 Å². The summed E-state index contributed by atoms with van der Waals surface area (Å²) in [7, 11) is 1.74. The number of para-hydroxylation sites is 1. The summed E-state index contributed by atoms with van der Waals surface area (Å²) in [6, 6.07) is 16.3. The van der Waals surface area contributed by atoms with Crippen molar-refractivity contribution in [2.75, 3.05) is 30.0 Å². The van der Waals surface area contributed by atoms with Gasteiger partial charge in [-0.2, -0.15) is 11.8 Å². The van der Waals surface area contributed by atoms with Crippen molar-refractivity contribution in [3.05, 3.63) is 65.7 Å². The van der Waals surface area contributed by atoms with Crippen LogP contribution in [0.5, 0.6) is 0 Å². The minimum absolute atomic E-state index is 0.0152. The molecule has 0 radical (unpaired) electrons. The number of carbonyl (C=O) groups is 3. The van der Waals surface area contributed by atoms with Crippen molar-refractivity contribution in [2.45, 2.75) is 0 Å². The summed E-state index contributed by atoms with van der Waals surface area (Å²) in [5, 5.41) is 0. The lowest BCUT2D eigenvalue weighted by Gasteiger charge is -2.17. The second-order valence-corrected chi connectivity index (χ2v) is 6.75. The van der Waals surface area contributed by atoms with Crippen molar-refractivity contribution >= 4 is 35.2 Å². The summed E-state index contributed by atoms with van der Waals surface area (Å²) in [6.07, 6.45) is 0. The molecule has 0 aromatic heterocycles. The van der Waals surface area contributed by atoms with E-state index in [4.69, 9.17) is 0 Å². The molecule has 6 heteroatoms. The quantitative estimate of drug-likeness (QED) is 0.591. The minimum atomic E-state index is -0.256. The molecule has 1 aliphatic heterocycles. The average Bonchev–Trinajstić information content (AvgIpc) is 2.90. The van der Waals surface area contributed by atoms with E-state index < -0.39 is 0 Å². The first-order valence-corrected chi connectivity index (χ1v) is 9.09. The summed E-state index contributed by atoms with van der Waals surface area (Å²) in [5.41, 5.74) is 1.75. The van der Waals surface area contributed by atoms with Crippen LogP contribution < -0.4 is 4.90 Å². The number of nitrogens with zero attached hydrogens (tertiary/aromatic N) is 2. The number of carbonyl (C=O) groups excluding carboxylic acids is 3. The maximum atomic E-state index is 12.2. The highest BCUT2D eigenvalue weighted by Gasteiger charge is 2.34. The summed E-state index contributed by atoms with van der Waals surface area (Å²) in [4.78, 5) is 39.6. The van der Waals surface area contributed by atoms with Gasteiger partial charge in [0.25, 0.3) is 11.8 Å². The van der Waals surface area contributed by atoms with Crippen molar-refractivity contribution in [2.24, 2.45) is 0 Å². The SMILES string of the molecule is CN(C(=O)CSCCN1C(=O)c2ccccc2C1=O)c1ccccc1. The molecule has 0 bridgehead atoms. The summed E-state index contributed by atoms with van der Waals surface area (Å²) in [6.45, 7) is 0.305.